The van der Waals surface area contributed by atoms with Gasteiger partial charge in [0.05, 0.1) is 82.5 Å². The van der Waals surface area contributed by atoms with Crippen LogP contribution in [0.3, 0.4) is 0 Å². The molecule has 6 aromatic rings. The number of thioether (sulfide) groups is 2. The highest BCUT2D eigenvalue weighted by Crippen LogP contribution is 2.35. The Morgan fingerprint density at radius 2 is 1.35 bits per heavy atom. The van der Waals surface area contributed by atoms with Crippen molar-refractivity contribution in [3.8, 4) is 33.9 Å². The number of halogens is 4. The molecule has 8 rings (SSSR count). The lowest BCUT2D eigenvalue weighted by Crippen LogP contribution is -2.36. The number of aromatic nitrogens is 4. The Kier molecular flexibility index (Phi) is 20.9. The number of ether oxygens (including phenoxy) is 2. The zero-order valence-corrected chi connectivity index (χ0v) is 46.1. The molecule has 0 saturated carbocycles. The number of hydrogen-bond acceptors (Lipinski definition) is 13. The van der Waals surface area contributed by atoms with E-state index in [1.54, 1.807) is 53.2 Å². The maximum absolute atomic E-state index is 13.4. The van der Waals surface area contributed by atoms with Crippen LogP contribution in [-0.2, 0) is 51.0 Å². The number of amides is 4. The summed E-state index contributed by atoms with van der Waals surface area (Å²) in [5.41, 5.74) is 3.84. The van der Waals surface area contributed by atoms with E-state index < -0.39 is 31.9 Å². The zero-order chi connectivity index (χ0) is 56.0. The fourth-order valence-corrected chi connectivity index (χ4v) is 11.7. The van der Waals surface area contributed by atoms with E-state index >= 15 is 0 Å². The first-order valence-corrected chi connectivity index (χ1v) is 30.1. The molecule has 2 aliphatic rings. The number of benzene rings is 4. The summed E-state index contributed by atoms with van der Waals surface area (Å²) in [6.07, 6.45) is -1.41. The highest BCUT2D eigenvalue weighted by Gasteiger charge is 2.42. The van der Waals surface area contributed by atoms with Gasteiger partial charge in [-0.15, -0.1) is 11.8 Å². The van der Waals surface area contributed by atoms with E-state index in [4.69, 9.17) is 36.5 Å². The average molecular weight is 1180 g/mol. The molecule has 0 radical (unpaired) electrons. The second-order valence-electron chi connectivity index (χ2n) is 18.0. The van der Waals surface area contributed by atoms with Gasteiger partial charge in [0.15, 0.2) is 0 Å². The Labute approximate surface area is 463 Å². The minimum Gasteiger partial charge on any atom is -0.377 e. The van der Waals surface area contributed by atoms with E-state index in [0.29, 0.717) is 73.2 Å². The van der Waals surface area contributed by atoms with E-state index in [2.05, 4.69) is 26.4 Å². The maximum Gasteiger partial charge on any atom is 0.433 e. The standard InChI is InChI=1S/C34H44ClN7O7S3.C17H14F3N3O2S/c35-24-7-5-23(6-8-24)29-19-25(41-42(29)26-9-11-27(12-10-26)52(36,46)47)20-50-22-32(44)38-14-16-49-18-17-48-15-13-37-31(43)4-2-1-3-30-33-28(21-51-30)39-34(45)40-33;1-11-2-4-12(5-3-11)15-10-16(17(18,19)20)23(22-15)13-6-8-14(9-7-13)26(21,24)25/h5-12,19,28,30,33H,1-4,13-18,20-22H2,(H,37,43)(H,38,44)(H2,36,46,47)(H2,39,40,45);2-10H,1H3,(H2,21,24,25)/t28-,30-,33-;/m1./s1. The largest absolute Gasteiger partial charge is 0.433 e. The number of primary sulfonamides is 2. The molecular weight excluding hydrogens is 1120 g/mol. The topological polar surface area (TPSA) is 274 Å². The molecule has 78 heavy (non-hydrogen) atoms. The Balaban J connectivity index is 0.000000283. The van der Waals surface area contributed by atoms with Gasteiger partial charge >= 0.3 is 12.2 Å². The first kappa shape index (κ1) is 59.7. The zero-order valence-electron chi connectivity index (χ0n) is 42.1. The van der Waals surface area contributed by atoms with Gasteiger partial charge in [-0.05, 0) is 92.6 Å². The molecule has 0 bridgehead atoms. The van der Waals surface area contributed by atoms with Crippen molar-refractivity contribution in [2.45, 2.75) is 71.7 Å². The predicted molar refractivity (Wildman–Crippen MR) is 293 cm³/mol. The van der Waals surface area contributed by atoms with E-state index in [0.717, 1.165) is 70.4 Å². The van der Waals surface area contributed by atoms with Crippen molar-refractivity contribution in [3.63, 3.8) is 0 Å². The molecule has 27 heteroatoms. The van der Waals surface area contributed by atoms with Gasteiger partial charge in [-0.25, -0.2) is 41.3 Å². The Hall–Kier alpha value is -5.97. The number of alkyl halides is 3. The highest BCUT2D eigenvalue weighted by atomic mass is 35.5. The summed E-state index contributed by atoms with van der Waals surface area (Å²) in [4.78, 5) is 35.8. The summed E-state index contributed by atoms with van der Waals surface area (Å²) >= 11 is 9.39. The van der Waals surface area contributed by atoms with Gasteiger partial charge in [-0.3, -0.25) is 9.59 Å². The fourth-order valence-electron chi connectivity index (χ4n) is 8.23. The number of carbonyl (C=O) groups excluding carboxylic acids is 3. The van der Waals surface area contributed by atoms with Crippen molar-refractivity contribution in [1.29, 1.82) is 0 Å². The summed E-state index contributed by atoms with van der Waals surface area (Å²) in [5, 5.41) is 31.7. The molecule has 0 unspecified atom stereocenters. The maximum atomic E-state index is 13.4. The number of aryl methyl sites for hydroxylation is 1. The van der Waals surface area contributed by atoms with Crippen LogP contribution in [0, 0.1) is 6.92 Å². The van der Waals surface area contributed by atoms with Crippen LogP contribution in [0.15, 0.2) is 119 Å². The summed E-state index contributed by atoms with van der Waals surface area (Å²) in [7, 11) is -7.76. The van der Waals surface area contributed by atoms with Crippen molar-refractivity contribution in [2.24, 2.45) is 10.3 Å². The molecular formula is C51H58ClF3N10O9S4. The molecule has 2 aliphatic heterocycles. The molecule has 2 fully saturated rings. The second-order valence-corrected chi connectivity index (χ2v) is 23.8. The van der Waals surface area contributed by atoms with E-state index in [1.807, 2.05) is 36.9 Å². The van der Waals surface area contributed by atoms with Crippen LogP contribution < -0.4 is 31.5 Å². The number of nitrogens with two attached hydrogens (primary N) is 2. The molecule has 4 aromatic carbocycles. The number of carbonyl (C=O) groups is 3. The highest BCUT2D eigenvalue weighted by molar-refractivity contribution is 8.00. The van der Waals surface area contributed by atoms with Crippen LogP contribution in [0.1, 0.15) is 42.6 Å². The molecule has 8 N–H and O–H groups in total. The van der Waals surface area contributed by atoms with Crippen molar-refractivity contribution < 1.29 is 53.9 Å². The smallest absolute Gasteiger partial charge is 0.377 e. The number of unbranched alkanes of at least 4 members (excludes halogenated alkanes) is 1. The SMILES string of the molecule is Cc1ccc(-c2cc(C(F)(F)F)n(-c3ccc(S(N)(=O)=O)cc3)n2)cc1.NS(=O)(=O)c1ccc(-n2nc(CSCC(=O)NCCOCCOCCNC(=O)CCCC[C@H]3SC[C@H]4NC(=O)N[C@H]43)cc2-c2ccc(Cl)cc2)cc1. The van der Waals surface area contributed by atoms with Crippen molar-refractivity contribution in [2.75, 3.05) is 51.0 Å². The number of sulfonamides is 2. The van der Waals surface area contributed by atoms with Crippen LogP contribution >= 0.6 is 35.1 Å². The Morgan fingerprint density at radius 1 is 0.769 bits per heavy atom. The van der Waals surface area contributed by atoms with Crippen LogP contribution in [0.4, 0.5) is 18.0 Å². The number of hydrogen-bond donors (Lipinski definition) is 6. The number of urea groups is 1. The molecule has 0 spiro atoms. The van der Waals surface area contributed by atoms with Gasteiger partial charge < -0.3 is 30.7 Å². The van der Waals surface area contributed by atoms with E-state index in [1.165, 1.54) is 36.0 Å². The van der Waals surface area contributed by atoms with Crippen LogP contribution in [0.2, 0.25) is 5.02 Å². The monoisotopic (exact) mass is 1170 g/mol. The molecule has 418 valence electrons. The van der Waals surface area contributed by atoms with Crippen molar-refractivity contribution in [1.82, 2.24) is 40.8 Å². The number of fused-ring (bicyclic) bond motifs is 1. The third kappa shape index (κ3) is 17.3. The quantitative estimate of drug-likeness (QED) is 0.0277. The minimum atomic E-state index is -4.63. The molecule has 3 atom stereocenters. The van der Waals surface area contributed by atoms with Gasteiger partial charge in [-0.1, -0.05) is 60.0 Å². The average Bonchev–Trinajstić information content (AvgIpc) is 4.29. The second kappa shape index (κ2) is 27.3. The Bertz CT molecular complexity index is 3220. The number of nitrogens with one attached hydrogen (secondary N) is 4. The third-order valence-corrected chi connectivity index (χ3v) is 16.7. The van der Waals surface area contributed by atoms with Crippen LogP contribution in [0.25, 0.3) is 33.9 Å². The Morgan fingerprint density at radius 3 is 1.94 bits per heavy atom. The first-order chi connectivity index (χ1) is 37.1. The normalized spacial score (nSPS) is 16.2. The molecule has 4 amide bonds. The van der Waals surface area contributed by atoms with Crippen LogP contribution in [-0.4, -0.2) is 123 Å². The van der Waals surface area contributed by atoms with Gasteiger partial charge in [0.25, 0.3) is 0 Å². The van der Waals surface area contributed by atoms with Gasteiger partial charge in [-0.2, -0.15) is 35.1 Å². The molecule has 2 aromatic heterocycles. The minimum absolute atomic E-state index is 0.00543. The number of rotatable bonds is 24. The summed E-state index contributed by atoms with van der Waals surface area (Å²) in [6.45, 7) is 4.17. The fraction of sp³-hybridized carbons (Fsp3) is 0.353. The van der Waals surface area contributed by atoms with Crippen molar-refractivity contribution >= 4 is 73.0 Å². The van der Waals surface area contributed by atoms with Gasteiger partial charge in [0, 0.05) is 52.4 Å². The van der Waals surface area contributed by atoms with E-state index in [9.17, 15) is 44.4 Å². The summed E-state index contributed by atoms with van der Waals surface area (Å²) in [6, 6.07) is 28.3. The lowest BCUT2D eigenvalue weighted by Gasteiger charge is -2.16. The lowest BCUT2D eigenvalue weighted by atomic mass is 10.0. The van der Waals surface area contributed by atoms with E-state index in [-0.39, 0.29) is 56.9 Å². The third-order valence-electron chi connectivity index (χ3n) is 12.1. The summed E-state index contributed by atoms with van der Waals surface area (Å²) in [5.74, 6) is 1.54. The lowest BCUT2D eigenvalue weighted by molar-refractivity contribution is -0.142. The van der Waals surface area contributed by atoms with Crippen LogP contribution in [0.5, 0.6) is 0 Å². The number of nitrogens with zero attached hydrogens (tertiary/aromatic N) is 4. The molecule has 2 saturated heterocycles. The van der Waals surface area contributed by atoms with Gasteiger partial charge in [0.1, 0.15) is 5.69 Å². The summed E-state index contributed by atoms with van der Waals surface area (Å²) < 4.78 is 99.8. The first-order valence-electron chi connectivity index (χ1n) is 24.4. The molecule has 4 heterocycles. The molecule has 19 nitrogen and oxygen atoms in total. The molecule has 0 aliphatic carbocycles. The van der Waals surface area contributed by atoms with Gasteiger partial charge in [0.2, 0.25) is 31.9 Å². The van der Waals surface area contributed by atoms with Crippen molar-refractivity contribution in [3.05, 3.63) is 131 Å². The predicted octanol–water partition coefficient (Wildman–Crippen LogP) is 6.58.